The van der Waals surface area contributed by atoms with Crippen LogP contribution in [0.15, 0.2) is 53.7 Å². The van der Waals surface area contributed by atoms with E-state index in [1.807, 2.05) is 31.2 Å². The van der Waals surface area contributed by atoms with Crippen LogP contribution in [0, 0.1) is 0 Å². The van der Waals surface area contributed by atoms with E-state index >= 15 is 0 Å². The van der Waals surface area contributed by atoms with Crippen LogP contribution in [0.4, 0.5) is 0 Å². The molecule has 0 aliphatic heterocycles. The topological polar surface area (TPSA) is 69.9 Å². The van der Waals surface area contributed by atoms with Gasteiger partial charge in [-0.15, -0.1) is 5.10 Å². The number of nitrogens with zero attached hydrogens (tertiary/aromatic N) is 4. The van der Waals surface area contributed by atoms with Crippen molar-refractivity contribution in [3.63, 3.8) is 0 Å². The number of hydrogen-bond donors (Lipinski definition) is 0. The fourth-order valence-electron chi connectivity index (χ4n) is 2.18. The van der Waals surface area contributed by atoms with Crippen molar-refractivity contribution < 1.29 is 9.53 Å². The van der Waals surface area contributed by atoms with Gasteiger partial charge >= 0.3 is 0 Å². The smallest absolute Gasteiger partial charge is 0.214 e. The van der Waals surface area contributed by atoms with Gasteiger partial charge in [-0.25, -0.2) is 0 Å². The Kier molecular flexibility index (Phi) is 5.67. The number of carbonyl (C=O) groups excluding carboxylic acids is 1. The normalized spacial score (nSPS) is 10.6. The van der Waals surface area contributed by atoms with E-state index in [9.17, 15) is 4.79 Å². The van der Waals surface area contributed by atoms with Crippen LogP contribution in [-0.4, -0.2) is 38.4 Å². The molecule has 0 atom stereocenters. The summed E-state index contributed by atoms with van der Waals surface area (Å²) in [5.41, 5.74) is 1.33. The first-order chi connectivity index (χ1) is 12.2. The molecule has 0 spiro atoms. The van der Waals surface area contributed by atoms with Gasteiger partial charge in [-0.3, -0.25) is 4.79 Å². The maximum Gasteiger partial charge on any atom is 0.214 e. The lowest BCUT2D eigenvalue weighted by molar-refractivity contribution is 0.102. The van der Waals surface area contributed by atoms with Gasteiger partial charge < -0.3 is 4.74 Å². The summed E-state index contributed by atoms with van der Waals surface area (Å²) in [5.74, 6) is 0.885. The fourth-order valence-corrected chi connectivity index (χ4v) is 3.08. The Morgan fingerprint density at radius 2 is 1.96 bits per heavy atom. The standard InChI is InChI=1S/C17H15ClN4O2S/c1-2-24-16-6-4-3-5-14(16)22-17(19-20-21-22)25-11-15(23)12-7-9-13(18)10-8-12/h3-10H,2,11H2,1H3. The van der Waals surface area contributed by atoms with Crippen LogP contribution in [0.3, 0.4) is 0 Å². The Balaban J connectivity index is 1.76. The summed E-state index contributed by atoms with van der Waals surface area (Å²) >= 11 is 7.12. The zero-order valence-electron chi connectivity index (χ0n) is 13.4. The zero-order chi connectivity index (χ0) is 17.6. The third-order valence-electron chi connectivity index (χ3n) is 3.33. The minimum absolute atomic E-state index is 0.0192. The third kappa shape index (κ3) is 4.18. The van der Waals surface area contributed by atoms with E-state index in [2.05, 4.69) is 15.5 Å². The summed E-state index contributed by atoms with van der Waals surface area (Å²) in [6, 6.07) is 14.3. The van der Waals surface area contributed by atoms with Gasteiger partial charge in [-0.2, -0.15) is 4.68 Å². The van der Waals surface area contributed by atoms with Crippen molar-refractivity contribution in [3.05, 3.63) is 59.1 Å². The second-order valence-electron chi connectivity index (χ2n) is 4.99. The minimum atomic E-state index is -0.0192. The fraction of sp³-hybridized carbons (Fsp3) is 0.176. The summed E-state index contributed by atoms with van der Waals surface area (Å²) < 4.78 is 7.19. The van der Waals surface area contributed by atoms with Gasteiger partial charge in [-0.05, 0) is 53.7 Å². The van der Waals surface area contributed by atoms with Crippen molar-refractivity contribution in [1.29, 1.82) is 0 Å². The average molecular weight is 375 g/mol. The Labute approximate surface area is 154 Å². The van der Waals surface area contributed by atoms with Gasteiger partial charge in [0, 0.05) is 10.6 Å². The van der Waals surface area contributed by atoms with Gasteiger partial charge in [0.15, 0.2) is 5.78 Å². The Hall–Kier alpha value is -2.38. The van der Waals surface area contributed by atoms with Crippen molar-refractivity contribution in [3.8, 4) is 11.4 Å². The summed E-state index contributed by atoms with van der Waals surface area (Å²) in [5, 5.41) is 12.9. The number of tetrazole rings is 1. The Morgan fingerprint density at radius 3 is 2.72 bits per heavy atom. The number of para-hydroxylation sites is 2. The molecule has 3 aromatic rings. The maximum absolute atomic E-state index is 12.3. The van der Waals surface area contributed by atoms with Crippen molar-refractivity contribution in [2.75, 3.05) is 12.4 Å². The predicted octanol–water partition coefficient (Wildman–Crippen LogP) is 3.69. The Bertz CT molecular complexity index is 867. The molecule has 0 aliphatic carbocycles. The quantitative estimate of drug-likeness (QED) is 0.464. The number of ketones is 1. The Morgan fingerprint density at radius 1 is 1.20 bits per heavy atom. The third-order valence-corrected chi connectivity index (χ3v) is 4.50. The number of ether oxygens (including phenoxy) is 1. The molecule has 0 saturated heterocycles. The first-order valence-corrected chi connectivity index (χ1v) is 8.97. The maximum atomic E-state index is 12.3. The number of rotatable bonds is 7. The van der Waals surface area contributed by atoms with Crippen LogP contribution in [-0.2, 0) is 0 Å². The van der Waals surface area contributed by atoms with Gasteiger partial charge in [0.1, 0.15) is 11.4 Å². The van der Waals surface area contributed by atoms with Crippen molar-refractivity contribution in [2.45, 2.75) is 12.1 Å². The van der Waals surface area contributed by atoms with E-state index in [-0.39, 0.29) is 11.5 Å². The van der Waals surface area contributed by atoms with Gasteiger partial charge in [0.25, 0.3) is 0 Å². The highest BCUT2D eigenvalue weighted by atomic mass is 35.5. The zero-order valence-corrected chi connectivity index (χ0v) is 15.0. The number of carbonyl (C=O) groups is 1. The largest absolute Gasteiger partial charge is 0.492 e. The summed E-state index contributed by atoms with van der Waals surface area (Å²) in [7, 11) is 0. The number of thioether (sulfide) groups is 1. The van der Waals surface area contributed by atoms with Crippen LogP contribution < -0.4 is 4.74 Å². The molecule has 0 bridgehead atoms. The molecule has 3 rings (SSSR count). The summed E-state index contributed by atoms with van der Waals surface area (Å²) in [4.78, 5) is 12.3. The van der Waals surface area contributed by atoms with Crippen molar-refractivity contribution in [2.24, 2.45) is 0 Å². The minimum Gasteiger partial charge on any atom is -0.492 e. The van der Waals surface area contributed by atoms with Crippen LogP contribution in [0.1, 0.15) is 17.3 Å². The van der Waals surface area contributed by atoms with Crippen molar-refractivity contribution in [1.82, 2.24) is 20.2 Å². The van der Waals surface area contributed by atoms with Crippen LogP contribution in [0.2, 0.25) is 5.02 Å². The molecule has 128 valence electrons. The highest BCUT2D eigenvalue weighted by Gasteiger charge is 2.15. The van der Waals surface area contributed by atoms with E-state index < -0.39 is 0 Å². The van der Waals surface area contributed by atoms with Crippen LogP contribution >= 0.6 is 23.4 Å². The second-order valence-corrected chi connectivity index (χ2v) is 6.37. The molecule has 2 aromatic carbocycles. The first kappa shape index (κ1) is 17.4. The lowest BCUT2D eigenvalue weighted by atomic mass is 10.1. The lowest BCUT2D eigenvalue weighted by Crippen LogP contribution is -2.06. The van der Waals surface area contributed by atoms with Gasteiger partial charge in [0.05, 0.1) is 12.4 Å². The average Bonchev–Trinajstić information content (AvgIpc) is 3.09. The van der Waals surface area contributed by atoms with E-state index in [0.29, 0.717) is 28.1 Å². The summed E-state index contributed by atoms with van der Waals surface area (Å²) in [6.07, 6.45) is 0. The second kappa shape index (κ2) is 8.13. The number of aromatic nitrogens is 4. The van der Waals surface area contributed by atoms with Crippen molar-refractivity contribution >= 4 is 29.1 Å². The van der Waals surface area contributed by atoms with E-state index in [1.165, 1.54) is 11.8 Å². The summed E-state index contributed by atoms with van der Waals surface area (Å²) in [6.45, 7) is 2.45. The van der Waals surface area contributed by atoms with Crippen LogP contribution in [0.25, 0.3) is 5.69 Å². The molecule has 0 N–H and O–H groups in total. The molecule has 0 amide bonds. The highest BCUT2D eigenvalue weighted by molar-refractivity contribution is 7.99. The first-order valence-electron chi connectivity index (χ1n) is 7.61. The molecule has 0 aliphatic rings. The predicted molar refractivity (Wildman–Crippen MR) is 96.8 cm³/mol. The molecular weight excluding hydrogens is 360 g/mol. The molecular formula is C17H15ClN4O2S. The molecule has 0 unspecified atom stereocenters. The molecule has 25 heavy (non-hydrogen) atoms. The molecule has 1 aromatic heterocycles. The molecule has 8 heteroatoms. The SMILES string of the molecule is CCOc1ccccc1-n1nnnc1SCC(=O)c1ccc(Cl)cc1. The molecule has 0 radical (unpaired) electrons. The number of halogens is 1. The van der Waals surface area contributed by atoms with E-state index in [4.69, 9.17) is 16.3 Å². The number of hydrogen-bond acceptors (Lipinski definition) is 6. The molecule has 6 nitrogen and oxygen atoms in total. The highest BCUT2D eigenvalue weighted by Crippen LogP contribution is 2.26. The van der Waals surface area contributed by atoms with Gasteiger partial charge in [-0.1, -0.05) is 35.5 Å². The molecule has 0 fully saturated rings. The van der Waals surface area contributed by atoms with Gasteiger partial charge in [0.2, 0.25) is 5.16 Å². The number of Topliss-reactive ketones (excluding diaryl/α,β-unsaturated/α-hetero) is 1. The number of benzene rings is 2. The van der Waals surface area contributed by atoms with E-state index in [1.54, 1.807) is 28.9 Å². The monoisotopic (exact) mass is 374 g/mol. The van der Waals surface area contributed by atoms with Crippen LogP contribution in [0.5, 0.6) is 5.75 Å². The van der Waals surface area contributed by atoms with E-state index in [0.717, 1.165) is 5.69 Å². The lowest BCUT2D eigenvalue weighted by Gasteiger charge is -2.10. The molecule has 1 heterocycles. The molecule has 0 saturated carbocycles.